The summed E-state index contributed by atoms with van der Waals surface area (Å²) in [5.74, 6) is -1.82. The van der Waals surface area contributed by atoms with Crippen molar-refractivity contribution in [1.82, 2.24) is 4.31 Å². The van der Waals surface area contributed by atoms with Gasteiger partial charge in [0.2, 0.25) is 10.0 Å². The van der Waals surface area contributed by atoms with Crippen LogP contribution in [0.25, 0.3) is 0 Å². The van der Waals surface area contributed by atoms with E-state index in [1.165, 1.54) is 4.31 Å². The van der Waals surface area contributed by atoms with Gasteiger partial charge in [0.25, 0.3) is 0 Å². The second-order valence-electron chi connectivity index (χ2n) is 5.49. The fourth-order valence-corrected chi connectivity index (χ4v) is 3.78. The van der Waals surface area contributed by atoms with E-state index >= 15 is 0 Å². The predicted octanol–water partition coefficient (Wildman–Crippen LogP) is 1.33. The second kappa shape index (κ2) is 7.71. The number of piperidine rings is 1. The molecular formula is C15H21NO5S. The zero-order chi connectivity index (χ0) is 16.0. The third-order valence-corrected chi connectivity index (χ3v) is 5.50. The molecular weight excluding hydrogens is 306 g/mol. The van der Waals surface area contributed by atoms with E-state index in [0.29, 0.717) is 45.1 Å². The van der Waals surface area contributed by atoms with Crippen molar-refractivity contribution in [1.29, 1.82) is 0 Å². The highest BCUT2D eigenvalue weighted by Gasteiger charge is 2.29. The summed E-state index contributed by atoms with van der Waals surface area (Å²) >= 11 is 0. The van der Waals surface area contributed by atoms with Crippen molar-refractivity contribution in [3.63, 3.8) is 0 Å². The third kappa shape index (κ3) is 5.08. The molecule has 122 valence electrons. The Morgan fingerprint density at radius 2 is 1.86 bits per heavy atom. The number of nitrogens with zero attached hydrogens (tertiary/aromatic N) is 1. The first kappa shape index (κ1) is 16.9. The molecule has 1 N–H and O–H groups in total. The van der Waals surface area contributed by atoms with Gasteiger partial charge in [-0.05, 0) is 24.3 Å². The maximum atomic E-state index is 11.8. The molecule has 0 radical (unpaired) electrons. The zero-order valence-electron chi connectivity index (χ0n) is 12.3. The first-order valence-electron chi connectivity index (χ1n) is 7.28. The zero-order valence-corrected chi connectivity index (χ0v) is 13.2. The van der Waals surface area contributed by atoms with E-state index < -0.39 is 21.7 Å². The Balaban J connectivity index is 1.72. The Labute approximate surface area is 130 Å². The Hall–Kier alpha value is -1.44. The average Bonchev–Trinajstić information content (AvgIpc) is 2.47. The fourth-order valence-electron chi connectivity index (χ4n) is 2.52. The van der Waals surface area contributed by atoms with Crippen LogP contribution in [0.2, 0.25) is 0 Å². The van der Waals surface area contributed by atoms with E-state index in [4.69, 9.17) is 9.84 Å². The molecule has 0 bridgehead atoms. The maximum Gasteiger partial charge on any atom is 0.320 e. The van der Waals surface area contributed by atoms with E-state index in [-0.39, 0.29) is 0 Å². The number of carboxylic acid groups (broad SMARTS) is 1. The van der Waals surface area contributed by atoms with E-state index in [9.17, 15) is 13.2 Å². The molecule has 0 aliphatic carbocycles. The summed E-state index contributed by atoms with van der Waals surface area (Å²) < 4.78 is 30.6. The molecule has 2 rings (SSSR count). The Morgan fingerprint density at radius 1 is 1.23 bits per heavy atom. The third-order valence-electron chi connectivity index (χ3n) is 3.74. The minimum absolute atomic E-state index is 0.319. The van der Waals surface area contributed by atoms with Gasteiger partial charge in [-0.25, -0.2) is 12.7 Å². The Bertz CT molecular complexity index is 579. The highest BCUT2D eigenvalue weighted by atomic mass is 32.2. The summed E-state index contributed by atoms with van der Waals surface area (Å²) in [6.45, 7) is 1.89. The summed E-state index contributed by atoms with van der Waals surface area (Å²) in [4.78, 5) is 10.6. The van der Waals surface area contributed by atoms with Gasteiger partial charge in [0.05, 0.1) is 6.61 Å². The summed E-state index contributed by atoms with van der Waals surface area (Å²) in [7, 11) is -3.68. The van der Waals surface area contributed by atoms with Gasteiger partial charge < -0.3 is 9.84 Å². The average molecular weight is 327 g/mol. The van der Waals surface area contributed by atoms with Gasteiger partial charge in [-0.2, -0.15) is 0 Å². The monoisotopic (exact) mass is 327 g/mol. The van der Waals surface area contributed by atoms with Crippen LogP contribution in [-0.2, 0) is 26.2 Å². The van der Waals surface area contributed by atoms with Crippen LogP contribution in [0, 0.1) is 5.92 Å². The molecule has 1 aliphatic rings. The molecule has 1 heterocycles. The second-order valence-corrected chi connectivity index (χ2v) is 7.46. The lowest BCUT2D eigenvalue weighted by atomic mass is 9.99. The standard InChI is InChI=1S/C15H21NO5S/c17-15(18)12-22(19,20)16-8-6-14(7-9-16)11-21-10-13-4-2-1-3-5-13/h1-5,14H,6-12H2,(H,17,18). The van der Waals surface area contributed by atoms with Crippen LogP contribution < -0.4 is 0 Å². The van der Waals surface area contributed by atoms with Crippen molar-refractivity contribution in [2.24, 2.45) is 5.92 Å². The van der Waals surface area contributed by atoms with Crippen LogP contribution in [0.15, 0.2) is 30.3 Å². The summed E-state index contributed by atoms with van der Waals surface area (Å²) in [5, 5.41) is 8.63. The molecule has 1 aromatic carbocycles. The van der Waals surface area contributed by atoms with Crippen molar-refractivity contribution in [2.75, 3.05) is 25.4 Å². The number of hydrogen-bond donors (Lipinski definition) is 1. The van der Waals surface area contributed by atoms with E-state index in [2.05, 4.69) is 0 Å². The number of hydrogen-bond acceptors (Lipinski definition) is 4. The van der Waals surface area contributed by atoms with Gasteiger partial charge in [-0.3, -0.25) is 4.79 Å². The lowest BCUT2D eigenvalue weighted by molar-refractivity contribution is -0.134. The topological polar surface area (TPSA) is 83.9 Å². The summed E-state index contributed by atoms with van der Waals surface area (Å²) in [6, 6.07) is 9.88. The Kier molecular flexibility index (Phi) is 5.93. The first-order valence-corrected chi connectivity index (χ1v) is 8.89. The van der Waals surface area contributed by atoms with Gasteiger partial charge in [-0.1, -0.05) is 30.3 Å². The maximum absolute atomic E-state index is 11.8. The minimum Gasteiger partial charge on any atom is -0.480 e. The van der Waals surface area contributed by atoms with Crippen LogP contribution in [0.4, 0.5) is 0 Å². The summed E-state index contributed by atoms with van der Waals surface area (Å²) in [6.07, 6.45) is 1.40. The highest BCUT2D eigenvalue weighted by Crippen LogP contribution is 2.20. The molecule has 0 atom stereocenters. The molecule has 0 spiro atoms. The first-order chi connectivity index (χ1) is 10.5. The van der Waals surface area contributed by atoms with Crippen molar-refractivity contribution in [3.8, 4) is 0 Å². The van der Waals surface area contributed by atoms with E-state index in [1.807, 2.05) is 30.3 Å². The lowest BCUT2D eigenvalue weighted by Crippen LogP contribution is -2.41. The van der Waals surface area contributed by atoms with Gasteiger partial charge >= 0.3 is 5.97 Å². The predicted molar refractivity (Wildman–Crippen MR) is 81.8 cm³/mol. The van der Waals surface area contributed by atoms with Crippen LogP contribution in [0.1, 0.15) is 18.4 Å². The van der Waals surface area contributed by atoms with Crippen molar-refractivity contribution >= 4 is 16.0 Å². The number of carbonyl (C=O) groups is 1. The number of rotatable bonds is 7. The van der Waals surface area contributed by atoms with Crippen molar-refractivity contribution in [2.45, 2.75) is 19.4 Å². The normalized spacial score (nSPS) is 17.5. The van der Waals surface area contributed by atoms with Gasteiger partial charge in [-0.15, -0.1) is 0 Å². The summed E-state index contributed by atoms with van der Waals surface area (Å²) in [5.41, 5.74) is 1.11. The molecule has 0 aromatic heterocycles. The molecule has 1 saturated heterocycles. The number of ether oxygens (including phenoxy) is 1. The SMILES string of the molecule is O=C(O)CS(=O)(=O)N1CCC(COCc2ccccc2)CC1. The van der Waals surface area contributed by atoms with Crippen molar-refractivity contribution < 1.29 is 23.1 Å². The number of sulfonamides is 1. The molecule has 6 nitrogen and oxygen atoms in total. The van der Waals surface area contributed by atoms with Gasteiger partial charge in [0.15, 0.2) is 5.75 Å². The Morgan fingerprint density at radius 3 is 2.45 bits per heavy atom. The highest BCUT2D eigenvalue weighted by molar-refractivity contribution is 7.89. The van der Waals surface area contributed by atoms with Crippen LogP contribution in [0.3, 0.4) is 0 Å². The minimum atomic E-state index is -3.68. The van der Waals surface area contributed by atoms with Gasteiger partial charge in [0.1, 0.15) is 0 Å². The van der Waals surface area contributed by atoms with Crippen molar-refractivity contribution in [3.05, 3.63) is 35.9 Å². The number of carboxylic acids is 1. The van der Waals surface area contributed by atoms with E-state index in [0.717, 1.165) is 5.56 Å². The lowest BCUT2D eigenvalue weighted by Gasteiger charge is -2.30. The van der Waals surface area contributed by atoms with Crippen LogP contribution >= 0.6 is 0 Å². The fraction of sp³-hybridized carbons (Fsp3) is 0.533. The molecule has 7 heteroatoms. The largest absolute Gasteiger partial charge is 0.480 e. The van der Waals surface area contributed by atoms with Crippen LogP contribution in [0.5, 0.6) is 0 Å². The smallest absolute Gasteiger partial charge is 0.320 e. The quantitative estimate of drug-likeness (QED) is 0.817. The molecule has 1 fully saturated rings. The van der Waals surface area contributed by atoms with Crippen LogP contribution in [-0.4, -0.2) is 49.2 Å². The molecule has 0 saturated carbocycles. The molecule has 22 heavy (non-hydrogen) atoms. The molecule has 1 aliphatic heterocycles. The number of aliphatic carboxylic acids is 1. The molecule has 0 amide bonds. The van der Waals surface area contributed by atoms with Gasteiger partial charge in [0, 0.05) is 19.7 Å². The molecule has 0 unspecified atom stereocenters. The molecule has 1 aromatic rings. The van der Waals surface area contributed by atoms with E-state index in [1.54, 1.807) is 0 Å². The number of benzene rings is 1.